The molecule has 0 radical (unpaired) electrons. The summed E-state index contributed by atoms with van der Waals surface area (Å²) in [5.74, 6) is 1.69. The molecular weight excluding hydrogens is 423 g/mol. The highest BCUT2D eigenvalue weighted by molar-refractivity contribution is 14.0. The van der Waals surface area contributed by atoms with Crippen molar-refractivity contribution in [2.45, 2.75) is 51.1 Å². The zero-order valence-electron chi connectivity index (χ0n) is 15.8. The maximum atomic E-state index is 4.51. The summed E-state index contributed by atoms with van der Waals surface area (Å²) in [7, 11) is 1.90. The van der Waals surface area contributed by atoms with E-state index in [4.69, 9.17) is 0 Å². The van der Waals surface area contributed by atoms with Crippen LogP contribution in [0.3, 0.4) is 0 Å². The molecule has 5 heteroatoms. The molecule has 1 aliphatic heterocycles. The second-order valence-electron chi connectivity index (χ2n) is 7.38. The minimum atomic E-state index is 0. The van der Waals surface area contributed by atoms with E-state index in [2.05, 4.69) is 64.3 Å². The van der Waals surface area contributed by atoms with E-state index < -0.39 is 0 Å². The number of hydrogen-bond acceptors (Lipinski definition) is 2. The predicted octanol–water partition coefficient (Wildman–Crippen LogP) is 3.54. The Morgan fingerprint density at radius 1 is 1.24 bits per heavy atom. The molecule has 3 rings (SSSR count). The van der Waals surface area contributed by atoms with E-state index in [9.17, 15) is 0 Å². The lowest BCUT2D eigenvalue weighted by molar-refractivity contribution is 0.214. The molecule has 2 aliphatic rings. The van der Waals surface area contributed by atoms with Crippen molar-refractivity contribution in [3.63, 3.8) is 0 Å². The third-order valence-electron chi connectivity index (χ3n) is 5.30. The van der Waals surface area contributed by atoms with Crippen molar-refractivity contribution in [1.29, 1.82) is 0 Å². The molecule has 140 valence electrons. The van der Waals surface area contributed by atoms with Gasteiger partial charge < -0.3 is 10.2 Å². The molecular formula is C20H33IN4. The van der Waals surface area contributed by atoms with Gasteiger partial charge >= 0.3 is 0 Å². The number of nitrogens with zero attached hydrogens (tertiary/aromatic N) is 3. The molecule has 0 aromatic heterocycles. The molecule has 1 aromatic rings. The van der Waals surface area contributed by atoms with Crippen LogP contribution < -0.4 is 5.32 Å². The Kier molecular flexibility index (Phi) is 8.00. The number of aliphatic imine (C=N–C) groups is 1. The van der Waals surface area contributed by atoms with Crippen molar-refractivity contribution in [1.82, 2.24) is 15.1 Å². The molecule has 1 aliphatic carbocycles. The largest absolute Gasteiger partial charge is 0.355 e. The number of nitrogens with one attached hydrogen (secondary N) is 1. The summed E-state index contributed by atoms with van der Waals surface area (Å²) in [6.45, 7) is 8.86. The van der Waals surface area contributed by atoms with Crippen LogP contribution in [0.4, 0.5) is 0 Å². The molecule has 25 heavy (non-hydrogen) atoms. The average molecular weight is 456 g/mol. The van der Waals surface area contributed by atoms with E-state index >= 15 is 0 Å². The van der Waals surface area contributed by atoms with Crippen LogP contribution in [0.5, 0.6) is 0 Å². The Morgan fingerprint density at radius 3 is 2.56 bits per heavy atom. The van der Waals surface area contributed by atoms with Crippen molar-refractivity contribution in [2.75, 3.05) is 33.2 Å². The minimum absolute atomic E-state index is 0. The van der Waals surface area contributed by atoms with Crippen molar-refractivity contribution < 1.29 is 0 Å². The molecule has 0 amide bonds. The summed E-state index contributed by atoms with van der Waals surface area (Å²) in [6.07, 6.45) is 3.96. The lowest BCUT2D eigenvalue weighted by Crippen LogP contribution is -2.45. The lowest BCUT2D eigenvalue weighted by atomic mass is 9.99. The molecule has 0 spiro atoms. The topological polar surface area (TPSA) is 30.9 Å². The van der Waals surface area contributed by atoms with Gasteiger partial charge in [-0.05, 0) is 38.7 Å². The number of likely N-dealkylation sites (tertiary alicyclic amines) is 1. The van der Waals surface area contributed by atoms with Crippen LogP contribution in [0.25, 0.3) is 0 Å². The van der Waals surface area contributed by atoms with Crippen molar-refractivity contribution in [3.8, 4) is 0 Å². The van der Waals surface area contributed by atoms with Gasteiger partial charge in [0.1, 0.15) is 0 Å². The molecule has 1 unspecified atom stereocenters. The first-order valence-electron chi connectivity index (χ1n) is 9.45. The van der Waals surface area contributed by atoms with Crippen molar-refractivity contribution in [3.05, 3.63) is 35.9 Å². The number of halogens is 1. The lowest BCUT2D eigenvalue weighted by Gasteiger charge is -2.28. The van der Waals surface area contributed by atoms with Gasteiger partial charge in [0, 0.05) is 51.2 Å². The minimum Gasteiger partial charge on any atom is -0.355 e. The summed E-state index contributed by atoms with van der Waals surface area (Å²) in [5.41, 5.74) is 1.45. The van der Waals surface area contributed by atoms with Gasteiger partial charge in [0.2, 0.25) is 0 Å². The van der Waals surface area contributed by atoms with Crippen LogP contribution in [0.15, 0.2) is 35.3 Å². The van der Waals surface area contributed by atoms with Gasteiger partial charge in [-0.25, -0.2) is 0 Å². The summed E-state index contributed by atoms with van der Waals surface area (Å²) >= 11 is 0. The average Bonchev–Trinajstić information content (AvgIpc) is 3.31. The second-order valence-corrected chi connectivity index (χ2v) is 7.38. The number of benzene rings is 1. The third kappa shape index (κ3) is 5.58. The molecule has 1 saturated heterocycles. The zero-order chi connectivity index (χ0) is 16.9. The van der Waals surface area contributed by atoms with Crippen LogP contribution in [-0.4, -0.2) is 61.1 Å². The van der Waals surface area contributed by atoms with E-state index in [1.807, 2.05) is 7.05 Å². The maximum Gasteiger partial charge on any atom is 0.193 e. The summed E-state index contributed by atoms with van der Waals surface area (Å²) in [5, 5.41) is 3.59. The van der Waals surface area contributed by atoms with Gasteiger partial charge in [0.05, 0.1) is 0 Å². The Hall–Kier alpha value is -0.820. The first-order chi connectivity index (χ1) is 11.7. The normalized spacial score (nSPS) is 20.9. The Morgan fingerprint density at radius 2 is 1.96 bits per heavy atom. The van der Waals surface area contributed by atoms with Crippen LogP contribution in [-0.2, 0) is 0 Å². The monoisotopic (exact) mass is 456 g/mol. The quantitative estimate of drug-likeness (QED) is 0.404. The van der Waals surface area contributed by atoms with Crippen molar-refractivity contribution in [2.24, 2.45) is 4.99 Å². The molecule has 0 bridgehead atoms. The SMILES string of the molecule is CN=C(NCCN(C(C)C)C1CC1)N1CCC(c2ccccc2)C1.I. The molecule has 1 aromatic carbocycles. The molecule has 1 N–H and O–H groups in total. The first kappa shape index (κ1) is 20.5. The smallest absolute Gasteiger partial charge is 0.193 e. The van der Waals surface area contributed by atoms with Crippen LogP contribution >= 0.6 is 24.0 Å². The fourth-order valence-corrected chi connectivity index (χ4v) is 3.85. The van der Waals surface area contributed by atoms with Gasteiger partial charge in [-0.3, -0.25) is 9.89 Å². The molecule has 4 nitrogen and oxygen atoms in total. The van der Waals surface area contributed by atoms with E-state index in [1.54, 1.807) is 0 Å². The molecule has 1 atom stereocenters. The number of hydrogen-bond donors (Lipinski definition) is 1. The molecule has 2 fully saturated rings. The highest BCUT2D eigenvalue weighted by Gasteiger charge is 2.30. The predicted molar refractivity (Wildman–Crippen MR) is 117 cm³/mol. The third-order valence-corrected chi connectivity index (χ3v) is 5.30. The Labute approximate surface area is 170 Å². The summed E-state index contributed by atoms with van der Waals surface area (Å²) in [6, 6.07) is 12.3. The van der Waals surface area contributed by atoms with Gasteiger partial charge in [-0.1, -0.05) is 30.3 Å². The molecule has 1 heterocycles. The highest BCUT2D eigenvalue weighted by atomic mass is 127. The van der Waals surface area contributed by atoms with Gasteiger partial charge in [0.15, 0.2) is 5.96 Å². The van der Waals surface area contributed by atoms with E-state index in [1.165, 1.54) is 24.8 Å². The van der Waals surface area contributed by atoms with E-state index in [-0.39, 0.29) is 24.0 Å². The van der Waals surface area contributed by atoms with Gasteiger partial charge in [-0.2, -0.15) is 0 Å². The summed E-state index contributed by atoms with van der Waals surface area (Å²) in [4.78, 5) is 9.55. The number of guanidine groups is 1. The van der Waals surface area contributed by atoms with Crippen LogP contribution in [0.2, 0.25) is 0 Å². The highest BCUT2D eigenvalue weighted by Crippen LogP contribution is 2.28. The van der Waals surface area contributed by atoms with Crippen LogP contribution in [0, 0.1) is 0 Å². The number of rotatable bonds is 6. The molecule has 1 saturated carbocycles. The summed E-state index contributed by atoms with van der Waals surface area (Å²) < 4.78 is 0. The van der Waals surface area contributed by atoms with E-state index in [0.717, 1.165) is 38.2 Å². The fourth-order valence-electron chi connectivity index (χ4n) is 3.85. The maximum absolute atomic E-state index is 4.51. The standard InChI is InChI=1S/C20H32N4.HI/c1-16(2)24(19-9-10-19)14-12-22-20(21-3)23-13-11-18(15-23)17-7-5-4-6-8-17;/h4-8,16,18-19H,9-15H2,1-3H3,(H,21,22);1H. The van der Waals surface area contributed by atoms with Crippen LogP contribution in [0.1, 0.15) is 44.6 Å². The van der Waals surface area contributed by atoms with E-state index in [0.29, 0.717) is 12.0 Å². The fraction of sp³-hybridized carbons (Fsp3) is 0.650. The first-order valence-corrected chi connectivity index (χ1v) is 9.45. The van der Waals surface area contributed by atoms with Gasteiger partial charge in [-0.15, -0.1) is 24.0 Å². The Balaban J connectivity index is 0.00000225. The van der Waals surface area contributed by atoms with Gasteiger partial charge in [0.25, 0.3) is 0 Å². The second kappa shape index (κ2) is 9.76. The van der Waals surface area contributed by atoms with Crippen molar-refractivity contribution >= 4 is 29.9 Å². The Bertz CT molecular complexity index is 540. The zero-order valence-corrected chi connectivity index (χ0v) is 18.1.